The van der Waals surface area contributed by atoms with Crippen LogP contribution in [0.2, 0.25) is 0 Å². The summed E-state index contributed by atoms with van der Waals surface area (Å²) in [6.45, 7) is 7.99. The molecule has 0 amide bonds. The van der Waals surface area contributed by atoms with E-state index in [4.69, 9.17) is 0 Å². The average molecular weight is 226 g/mol. The maximum absolute atomic E-state index is 10.9. The van der Waals surface area contributed by atoms with E-state index in [1.54, 1.807) is 6.92 Å². The summed E-state index contributed by atoms with van der Waals surface area (Å²) in [7, 11) is 0. The van der Waals surface area contributed by atoms with Crippen molar-refractivity contribution in [1.82, 2.24) is 0 Å². The number of Topliss-reactive ketones (excluding diaryl/α,β-unsaturated/α-hetero) is 1. The van der Waals surface area contributed by atoms with E-state index in [9.17, 15) is 4.79 Å². The number of carbonyl (C=O) groups excluding carboxylic acids is 1. The van der Waals surface area contributed by atoms with Gasteiger partial charge < -0.3 is 4.79 Å². The van der Waals surface area contributed by atoms with Crippen molar-refractivity contribution in [3.05, 3.63) is 0 Å². The van der Waals surface area contributed by atoms with E-state index in [-0.39, 0.29) is 0 Å². The van der Waals surface area contributed by atoms with Gasteiger partial charge in [-0.2, -0.15) is 0 Å². The lowest BCUT2D eigenvalue weighted by Crippen LogP contribution is -2.15. The summed E-state index contributed by atoms with van der Waals surface area (Å²) in [5, 5.41) is 0. The standard InChI is InChI=1S/C13H24O.C2H6/c1-3-4-12-7-9-13(10-8-12)6-5-11(2)14;1-2/h12-13H,3-10H2,1-2H3;1-2H3. The van der Waals surface area contributed by atoms with Crippen molar-refractivity contribution in [2.45, 2.75) is 79.1 Å². The molecule has 0 radical (unpaired) electrons. The van der Waals surface area contributed by atoms with Crippen LogP contribution >= 0.6 is 0 Å². The third kappa shape index (κ3) is 7.03. The monoisotopic (exact) mass is 226 g/mol. The molecule has 1 aliphatic rings. The van der Waals surface area contributed by atoms with Crippen molar-refractivity contribution < 1.29 is 4.79 Å². The van der Waals surface area contributed by atoms with Crippen molar-refractivity contribution in [1.29, 1.82) is 0 Å². The van der Waals surface area contributed by atoms with Crippen molar-refractivity contribution in [3.8, 4) is 0 Å². The molecule has 1 nitrogen and oxygen atoms in total. The molecule has 1 saturated carbocycles. The van der Waals surface area contributed by atoms with E-state index in [2.05, 4.69) is 6.92 Å². The number of carbonyl (C=O) groups is 1. The highest BCUT2D eigenvalue weighted by Gasteiger charge is 2.20. The van der Waals surface area contributed by atoms with Crippen LogP contribution in [-0.2, 0) is 4.79 Å². The minimum atomic E-state index is 0.362. The van der Waals surface area contributed by atoms with Crippen LogP contribution < -0.4 is 0 Å². The Hall–Kier alpha value is -0.330. The smallest absolute Gasteiger partial charge is 0.129 e. The highest BCUT2D eigenvalue weighted by atomic mass is 16.1. The first-order valence-corrected chi connectivity index (χ1v) is 7.21. The zero-order chi connectivity index (χ0) is 12.4. The molecule has 1 rings (SSSR count). The zero-order valence-electron chi connectivity index (χ0n) is 11.7. The molecule has 0 N–H and O–H groups in total. The van der Waals surface area contributed by atoms with Crippen molar-refractivity contribution in [3.63, 3.8) is 0 Å². The SMILES string of the molecule is CC.CCCC1CCC(CCC(C)=O)CC1. The maximum Gasteiger partial charge on any atom is 0.129 e. The van der Waals surface area contributed by atoms with Crippen LogP contribution in [0.3, 0.4) is 0 Å². The Bertz CT molecular complexity index is 166. The molecule has 1 fully saturated rings. The zero-order valence-corrected chi connectivity index (χ0v) is 11.7. The second-order valence-corrected chi connectivity index (χ2v) is 4.92. The summed E-state index contributed by atoms with van der Waals surface area (Å²) in [6, 6.07) is 0. The molecule has 1 heteroatoms. The number of hydrogen-bond donors (Lipinski definition) is 0. The largest absolute Gasteiger partial charge is 0.300 e. The van der Waals surface area contributed by atoms with E-state index >= 15 is 0 Å². The highest BCUT2D eigenvalue weighted by molar-refractivity contribution is 5.75. The van der Waals surface area contributed by atoms with Crippen LogP contribution in [0.1, 0.15) is 79.1 Å². The fraction of sp³-hybridized carbons (Fsp3) is 0.933. The number of hydrogen-bond acceptors (Lipinski definition) is 1. The van der Waals surface area contributed by atoms with Crippen molar-refractivity contribution in [2.24, 2.45) is 11.8 Å². The Labute approximate surface area is 102 Å². The second kappa shape index (κ2) is 9.86. The fourth-order valence-electron chi connectivity index (χ4n) is 2.62. The highest BCUT2D eigenvalue weighted by Crippen LogP contribution is 2.33. The van der Waals surface area contributed by atoms with Gasteiger partial charge in [0.05, 0.1) is 0 Å². The van der Waals surface area contributed by atoms with Crippen molar-refractivity contribution >= 4 is 5.78 Å². The molecule has 0 unspecified atom stereocenters. The lowest BCUT2D eigenvalue weighted by Gasteiger charge is -2.28. The maximum atomic E-state index is 10.9. The summed E-state index contributed by atoms with van der Waals surface area (Å²) < 4.78 is 0. The second-order valence-electron chi connectivity index (χ2n) is 4.92. The quantitative estimate of drug-likeness (QED) is 0.645. The molecule has 0 heterocycles. The molecule has 0 aromatic carbocycles. The van der Waals surface area contributed by atoms with Gasteiger partial charge in [0.1, 0.15) is 5.78 Å². The topological polar surface area (TPSA) is 17.1 Å². The molecular formula is C15H30O. The van der Waals surface area contributed by atoms with Crippen LogP contribution in [0.25, 0.3) is 0 Å². The van der Waals surface area contributed by atoms with E-state index in [0.29, 0.717) is 5.78 Å². The van der Waals surface area contributed by atoms with Gasteiger partial charge >= 0.3 is 0 Å². The predicted octanol–water partition coefficient (Wildman–Crippen LogP) is 4.99. The van der Waals surface area contributed by atoms with E-state index < -0.39 is 0 Å². The molecule has 1 aliphatic carbocycles. The van der Waals surface area contributed by atoms with Crippen LogP contribution in [0.4, 0.5) is 0 Å². The van der Waals surface area contributed by atoms with Gasteiger partial charge in [-0.05, 0) is 25.2 Å². The van der Waals surface area contributed by atoms with Crippen LogP contribution in [-0.4, -0.2) is 5.78 Å². The summed E-state index contributed by atoms with van der Waals surface area (Å²) in [4.78, 5) is 10.9. The van der Waals surface area contributed by atoms with Crippen LogP contribution in [0, 0.1) is 11.8 Å². The molecule has 0 aliphatic heterocycles. The molecule has 0 aromatic heterocycles. The van der Waals surface area contributed by atoms with E-state index in [1.807, 2.05) is 13.8 Å². The van der Waals surface area contributed by atoms with Gasteiger partial charge in [0.25, 0.3) is 0 Å². The average Bonchev–Trinajstić information content (AvgIpc) is 2.31. The Kier molecular flexibility index (Phi) is 9.66. The third-order valence-electron chi connectivity index (χ3n) is 3.57. The molecule has 16 heavy (non-hydrogen) atoms. The van der Waals surface area contributed by atoms with E-state index in [1.165, 1.54) is 38.5 Å². The van der Waals surface area contributed by atoms with Gasteiger partial charge in [0.15, 0.2) is 0 Å². The Morgan fingerprint density at radius 3 is 1.81 bits per heavy atom. The number of ketones is 1. The first-order valence-electron chi connectivity index (χ1n) is 7.21. The molecule has 0 spiro atoms. The first kappa shape index (κ1) is 15.7. The molecular weight excluding hydrogens is 196 g/mol. The molecule has 0 saturated heterocycles. The first-order chi connectivity index (χ1) is 7.72. The molecule has 96 valence electrons. The lowest BCUT2D eigenvalue weighted by molar-refractivity contribution is -0.117. The van der Waals surface area contributed by atoms with Crippen LogP contribution in [0.5, 0.6) is 0 Å². The minimum absolute atomic E-state index is 0.362. The number of rotatable bonds is 5. The molecule has 0 atom stereocenters. The van der Waals surface area contributed by atoms with Gasteiger partial charge in [-0.1, -0.05) is 59.3 Å². The molecule has 0 aromatic rings. The Morgan fingerprint density at radius 2 is 1.44 bits per heavy atom. The van der Waals surface area contributed by atoms with Gasteiger partial charge in [0, 0.05) is 6.42 Å². The summed E-state index contributed by atoms with van der Waals surface area (Å²) in [5.41, 5.74) is 0. The summed E-state index contributed by atoms with van der Waals surface area (Å²) in [6.07, 6.45) is 10.3. The van der Waals surface area contributed by atoms with Gasteiger partial charge in [-0.15, -0.1) is 0 Å². The van der Waals surface area contributed by atoms with Gasteiger partial charge in [0.2, 0.25) is 0 Å². The van der Waals surface area contributed by atoms with Crippen LogP contribution in [0.15, 0.2) is 0 Å². The van der Waals surface area contributed by atoms with Gasteiger partial charge in [-0.3, -0.25) is 0 Å². The summed E-state index contributed by atoms with van der Waals surface area (Å²) in [5.74, 6) is 2.21. The lowest BCUT2D eigenvalue weighted by atomic mass is 9.78. The predicted molar refractivity (Wildman–Crippen MR) is 71.6 cm³/mol. The minimum Gasteiger partial charge on any atom is -0.300 e. The van der Waals surface area contributed by atoms with Gasteiger partial charge in [-0.25, -0.2) is 0 Å². The Morgan fingerprint density at radius 1 is 1.00 bits per heavy atom. The fourth-order valence-corrected chi connectivity index (χ4v) is 2.62. The summed E-state index contributed by atoms with van der Waals surface area (Å²) >= 11 is 0. The van der Waals surface area contributed by atoms with E-state index in [0.717, 1.165) is 24.7 Å². The molecule has 0 bridgehead atoms. The van der Waals surface area contributed by atoms with Crippen molar-refractivity contribution in [2.75, 3.05) is 0 Å². The third-order valence-corrected chi connectivity index (χ3v) is 3.57. The Balaban J connectivity index is 0.00000106. The normalized spacial score (nSPS) is 24.5.